The SMILES string of the molecule is Cc1cc(N)nc(C)c1CNC(=O)c1cnn(Cc2ccc3c(c2)CCS3(O)O)c1. The van der Waals surface area contributed by atoms with Crippen LogP contribution in [-0.4, -0.2) is 35.5 Å². The maximum absolute atomic E-state index is 12.5. The van der Waals surface area contributed by atoms with Crippen molar-refractivity contribution in [2.75, 3.05) is 11.5 Å². The molecule has 3 aromatic rings. The summed E-state index contributed by atoms with van der Waals surface area (Å²) >= 11 is 0. The van der Waals surface area contributed by atoms with Gasteiger partial charge in [-0.05, 0) is 54.7 Å². The third-order valence-electron chi connectivity index (χ3n) is 5.37. The molecule has 1 amide bonds. The summed E-state index contributed by atoms with van der Waals surface area (Å²) in [7, 11) is -2.63. The molecule has 0 spiro atoms. The highest BCUT2D eigenvalue weighted by molar-refractivity contribution is 8.24. The number of nitrogen functional groups attached to an aromatic ring is 1. The molecule has 1 aliphatic rings. The van der Waals surface area contributed by atoms with Gasteiger partial charge in [-0.15, -0.1) is 0 Å². The second-order valence-electron chi connectivity index (χ2n) is 7.60. The van der Waals surface area contributed by atoms with Crippen LogP contribution in [0, 0.1) is 13.8 Å². The summed E-state index contributed by atoms with van der Waals surface area (Å²) in [6.45, 7) is 4.69. The van der Waals surface area contributed by atoms with Gasteiger partial charge in [-0.2, -0.15) is 15.7 Å². The molecular weight excluding hydrogens is 402 g/mol. The van der Waals surface area contributed by atoms with Crippen LogP contribution in [0.1, 0.15) is 38.3 Å². The van der Waals surface area contributed by atoms with Gasteiger partial charge < -0.3 is 11.1 Å². The van der Waals surface area contributed by atoms with Crippen LogP contribution < -0.4 is 11.1 Å². The molecular formula is C21H25N5O3S. The van der Waals surface area contributed by atoms with E-state index in [1.807, 2.05) is 26.0 Å². The quantitative estimate of drug-likeness (QED) is 0.496. The second kappa shape index (κ2) is 7.75. The first-order valence-corrected chi connectivity index (χ1v) is 11.4. The summed E-state index contributed by atoms with van der Waals surface area (Å²) in [6.07, 6.45) is 3.91. The van der Waals surface area contributed by atoms with Gasteiger partial charge in [-0.3, -0.25) is 18.6 Å². The van der Waals surface area contributed by atoms with Crippen LogP contribution in [0.3, 0.4) is 0 Å². The van der Waals surface area contributed by atoms with Crippen molar-refractivity contribution in [1.29, 1.82) is 0 Å². The van der Waals surface area contributed by atoms with Gasteiger partial charge in [0.05, 0.1) is 23.2 Å². The number of aromatic nitrogens is 3. The van der Waals surface area contributed by atoms with E-state index >= 15 is 0 Å². The molecule has 0 aliphatic carbocycles. The molecule has 0 atom stereocenters. The van der Waals surface area contributed by atoms with E-state index in [4.69, 9.17) is 5.73 Å². The number of nitrogens with zero attached hydrogens (tertiary/aromatic N) is 3. The van der Waals surface area contributed by atoms with E-state index in [9.17, 15) is 13.9 Å². The maximum Gasteiger partial charge on any atom is 0.254 e. The number of pyridine rings is 1. The van der Waals surface area contributed by atoms with Crippen molar-refractivity contribution in [2.45, 2.75) is 38.3 Å². The molecule has 0 saturated carbocycles. The molecule has 9 heteroatoms. The summed E-state index contributed by atoms with van der Waals surface area (Å²) in [5.74, 6) is 0.651. The Bertz CT molecular complexity index is 1100. The summed E-state index contributed by atoms with van der Waals surface area (Å²) in [5, 5.41) is 7.20. The molecule has 4 rings (SSSR count). The van der Waals surface area contributed by atoms with Crippen molar-refractivity contribution >= 4 is 22.3 Å². The molecule has 2 aromatic heterocycles. The minimum absolute atomic E-state index is 0.209. The summed E-state index contributed by atoms with van der Waals surface area (Å²) in [6, 6.07) is 7.44. The van der Waals surface area contributed by atoms with Crippen LogP contribution in [0.4, 0.5) is 5.82 Å². The Morgan fingerprint density at radius 2 is 2.10 bits per heavy atom. The summed E-state index contributed by atoms with van der Waals surface area (Å²) in [5.41, 5.74) is 10.9. The fourth-order valence-electron chi connectivity index (χ4n) is 3.79. The van der Waals surface area contributed by atoms with Crippen molar-refractivity contribution in [3.63, 3.8) is 0 Å². The Morgan fingerprint density at radius 3 is 2.87 bits per heavy atom. The van der Waals surface area contributed by atoms with Crippen molar-refractivity contribution < 1.29 is 13.9 Å². The molecule has 158 valence electrons. The van der Waals surface area contributed by atoms with Gasteiger partial charge in [0.15, 0.2) is 0 Å². The number of hydrogen-bond acceptors (Lipinski definition) is 6. The Balaban J connectivity index is 1.41. The van der Waals surface area contributed by atoms with E-state index in [1.54, 1.807) is 29.2 Å². The van der Waals surface area contributed by atoms with E-state index in [0.29, 0.717) is 41.5 Å². The standard InChI is InChI=1S/C21H25N5O3S/c1-13-7-20(22)25-14(2)18(13)10-23-21(27)17-9-24-26(12-17)11-15-3-4-19-16(8-15)5-6-30(19,28)29/h3-4,7-9,12,28-29H,5-6,10-11H2,1-2H3,(H2,22,25)(H,23,27). The Kier molecular flexibility index (Phi) is 5.27. The molecule has 8 nitrogen and oxygen atoms in total. The first-order chi connectivity index (χ1) is 14.2. The van der Waals surface area contributed by atoms with Gasteiger partial charge in [0, 0.05) is 24.2 Å². The lowest BCUT2D eigenvalue weighted by atomic mass is 10.1. The summed E-state index contributed by atoms with van der Waals surface area (Å²) in [4.78, 5) is 17.4. The molecule has 0 fully saturated rings. The van der Waals surface area contributed by atoms with Crippen molar-refractivity contribution in [3.05, 3.63) is 70.2 Å². The molecule has 0 radical (unpaired) electrons. The van der Waals surface area contributed by atoms with Crippen LogP contribution in [0.15, 0.2) is 41.6 Å². The monoisotopic (exact) mass is 427 g/mol. The molecule has 3 heterocycles. The second-order valence-corrected chi connectivity index (χ2v) is 9.78. The molecule has 1 aliphatic heterocycles. The minimum atomic E-state index is -2.63. The van der Waals surface area contributed by atoms with E-state index in [-0.39, 0.29) is 5.91 Å². The normalized spacial score (nSPS) is 15.6. The zero-order valence-corrected chi connectivity index (χ0v) is 17.7. The topological polar surface area (TPSA) is 126 Å². The number of anilines is 1. The highest BCUT2D eigenvalue weighted by Gasteiger charge is 2.26. The summed E-state index contributed by atoms with van der Waals surface area (Å²) < 4.78 is 21.8. The number of aryl methyl sites for hydroxylation is 3. The van der Waals surface area contributed by atoms with Gasteiger partial charge in [0.1, 0.15) is 5.82 Å². The van der Waals surface area contributed by atoms with Crippen LogP contribution in [-0.2, 0) is 19.5 Å². The minimum Gasteiger partial charge on any atom is -0.384 e. The van der Waals surface area contributed by atoms with Gasteiger partial charge in [0.2, 0.25) is 0 Å². The van der Waals surface area contributed by atoms with Crippen molar-refractivity contribution in [1.82, 2.24) is 20.1 Å². The zero-order chi connectivity index (χ0) is 21.5. The number of rotatable bonds is 5. The van der Waals surface area contributed by atoms with Gasteiger partial charge in [-0.25, -0.2) is 4.98 Å². The van der Waals surface area contributed by atoms with E-state index < -0.39 is 10.6 Å². The highest BCUT2D eigenvalue weighted by Crippen LogP contribution is 2.54. The third kappa shape index (κ3) is 4.04. The first-order valence-electron chi connectivity index (χ1n) is 9.64. The van der Waals surface area contributed by atoms with Crippen molar-refractivity contribution in [2.24, 2.45) is 0 Å². The van der Waals surface area contributed by atoms with Gasteiger partial charge in [-0.1, -0.05) is 12.1 Å². The number of hydrogen-bond donors (Lipinski definition) is 4. The van der Waals surface area contributed by atoms with E-state index in [1.165, 1.54) is 0 Å². The first kappa shape index (κ1) is 20.4. The lowest BCUT2D eigenvalue weighted by Crippen LogP contribution is -2.23. The smallest absolute Gasteiger partial charge is 0.254 e. The van der Waals surface area contributed by atoms with Crippen LogP contribution >= 0.6 is 10.6 Å². The van der Waals surface area contributed by atoms with E-state index in [0.717, 1.165) is 27.9 Å². The van der Waals surface area contributed by atoms with E-state index in [2.05, 4.69) is 15.4 Å². The maximum atomic E-state index is 12.5. The molecule has 0 unspecified atom stereocenters. The number of nitrogens with two attached hydrogens (primary N) is 1. The number of nitrogens with one attached hydrogen (secondary N) is 1. The van der Waals surface area contributed by atoms with Crippen LogP contribution in [0.5, 0.6) is 0 Å². The molecule has 5 N–H and O–H groups in total. The van der Waals surface area contributed by atoms with Gasteiger partial charge in [0.25, 0.3) is 5.91 Å². The Hall–Kier alpha value is -2.88. The third-order valence-corrected chi connectivity index (χ3v) is 7.25. The lowest BCUT2D eigenvalue weighted by Gasteiger charge is -2.27. The number of carbonyl (C=O) groups excluding carboxylic acids is 1. The van der Waals surface area contributed by atoms with Crippen LogP contribution in [0.2, 0.25) is 0 Å². The predicted octanol–water partition coefficient (Wildman–Crippen LogP) is 3.12. The largest absolute Gasteiger partial charge is 0.384 e. The fraction of sp³-hybridized carbons (Fsp3) is 0.286. The van der Waals surface area contributed by atoms with Crippen molar-refractivity contribution in [3.8, 4) is 0 Å². The highest BCUT2D eigenvalue weighted by atomic mass is 32.3. The molecule has 0 bridgehead atoms. The lowest BCUT2D eigenvalue weighted by molar-refractivity contribution is 0.0950. The fourth-order valence-corrected chi connectivity index (χ4v) is 5.38. The number of carbonyl (C=O) groups is 1. The zero-order valence-electron chi connectivity index (χ0n) is 16.9. The van der Waals surface area contributed by atoms with Gasteiger partial charge >= 0.3 is 0 Å². The Labute approximate surface area is 176 Å². The molecule has 0 saturated heterocycles. The average Bonchev–Trinajstić information content (AvgIpc) is 3.25. The molecule has 1 aromatic carbocycles. The number of amides is 1. The Morgan fingerprint density at radius 1 is 1.30 bits per heavy atom. The number of fused-ring (bicyclic) bond motifs is 1. The molecule has 30 heavy (non-hydrogen) atoms. The average molecular weight is 428 g/mol. The van der Waals surface area contributed by atoms with Crippen LogP contribution in [0.25, 0.3) is 0 Å². The predicted molar refractivity (Wildman–Crippen MR) is 117 cm³/mol. The number of benzene rings is 1.